The van der Waals surface area contributed by atoms with E-state index in [2.05, 4.69) is 10.3 Å². The number of aliphatic imine (C=N–C) groups is 1. The van der Waals surface area contributed by atoms with Crippen molar-refractivity contribution in [1.29, 1.82) is 0 Å². The molecule has 1 amide bonds. The fourth-order valence-electron chi connectivity index (χ4n) is 1.91. The van der Waals surface area contributed by atoms with Crippen LogP contribution in [0.5, 0.6) is 0 Å². The van der Waals surface area contributed by atoms with E-state index in [1.165, 1.54) is 6.26 Å². The molecule has 0 unspecified atom stereocenters. The van der Waals surface area contributed by atoms with Gasteiger partial charge in [0.15, 0.2) is 5.96 Å². The van der Waals surface area contributed by atoms with Crippen molar-refractivity contribution in [3.05, 3.63) is 0 Å². The highest BCUT2D eigenvalue weighted by Crippen LogP contribution is 2.02. The summed E-state index contributed by atoms with van der Waals surface area (Å²) in [7, 11) is -1.30. The van der Waals surface area contributed by atoms with Gasteiger partial charge in [-0.1, -0.05) is 0 Å². The van der Waals surface area contributed by atoms with Crippen molar-refractivity contribution in [2.75, 3.05) is 51.8 Å². The largest absolute Gasteiger partial charge is 0.355 e. The highest BCUT2D eigenvalue weighted by Gasteiger charge is 2.20. The zero-order valence-corrected chi connectivity index (χ0v) is 15.3. The van der Waals surface area contributed by atoms with Crippen LogP contribution in [0.25, 0.3) is 0 Å². The zero-order valence-electron chi connectivity index (χ0n) is 12.1. The number of nitrogens with one attached hydrogen (secondary N) is 1. The summed E-state index contributed by atoms with van der Waals surface area (Å²) in [5.74, 6) is 0.853. The fraction of sp³-hybridized carbons (Fsp3) is 0.818. The summed E-state index contributed by atoms with van der Waals surface area (Å²) in [5, 5.41) is 3.03. The number of guanidine groups is 1. The highest BCUT2D eigenvalue weighted by molar-refractivity contribution is 14.0. The van der Waals surface area contributed by atoms with E-state index in [1.807, 2.05) is 4.90 Å². The molecule has 0 aromatic carbocycles. The normalized spacial score (nSPS) is 16.6. The Morgan fingerprint density at radius 3 is 2.10 bits per heavy atom. The van der Waals surface area contributed by atoms with Gasteiger partial charge in [-0.2, -0.15) is 0 Å². The van der Waals surface area contributed by atoms with E-state index in [9.17, 15) is 13.2 Å². The highest BCUT2D eigenvalue weighted by atomic mass is 127. The molecule has 0 aliphatic carbocycles. The molecule has 118 valence electrons. The lowest BCUT2D eigenvalue weighted by molar-refractivity contribution is -0.130. The van der Waals surface area contributed by atoms with E-state index >= 15 is 0 Å². The summed E-state index contributed by atoms with van der Waals surface area (Å²) in [6.07, 6.45) is 1.21. The van der Waals surface area contributed by atoms with E-state index in [4.69, 9.17) is 0 Å². The van der Waals surface area contributed by atoms with Crippen molar-refractivity contribution >= 4 is 45.7 Å². The van der Waals surface area contributed by atoms with Gasteiger partial charge in [-0.3, -0.25) is 9.79 Å². The number of sulfone groups is 1. The zero-order chi connectivity index (χ0) is 14.5. The van der Waals surface area contributed by atoms with Crippen molar-refractivity contribution in [1.82, 2.24) is 15.1 Å². The summed E-state index contributed by atoms with van der Waals surface area (Å²) in [6.45, 7) is 4.66. The monoisotopic (exact) mass is 418 g/mol. The Hall–Kier alpha value is -0.580. The SMILES string of the molecule is CN=C(NCCS(C)(=O)=O)N1CCN(C(C)=O)CC1.I. The van der Waals surface area contributed by atoms with Crippen molar-refractivity contribution in [3.8, 4) is 0 Å². The summed E-state index contributed by atoms with van der Waals surface area (Å²) in [5.41, 5.74) is 0. The number of amides is 1. The van der Waals surface area contributed by atoms with Gasteiger partial charge in [0, 0.05) is 53.0 Å². The molecule has 1 aliphatic rings. The van der Waals surface area contributed by atoms with Gasteiger partial charge < -0.3 is 15.1 Å². The Bertz CT molecular complexity index is 445. The van der Waals surface area contributed by atoms with Gasteiger partial charge in [-0.25, -0.2) is 8.42 Å². The van der Waals surface area contributed by atoms with Gasteiger partial charge in [0.1, 0.15) is 9.84 Å². The number of carbonyl (C=O) groups is 1. The number of nitrogens with zero attached hydrogens (tertiary/aromatic N) is 3. The van der Waals surface area contributed by atoms with Gasteiger partial charge >= 0.3 is 0 Å². The third-order valence-electron chi connectivity index (χ3n) is 2.99. The molecule has 7 nitrogen and oxygen atoms in total. The minimum atomic E-state index is -2.97. The molecule has 0 atom stereocenters. The third-order valence-corrected chi connectivity index (χ3v) is 3.94. The maximum Gasteiger partial charge on any atom is 0.219 e. The molecule has 0 aromatic heterocycles. The molecule has 1 saturated heterocycles. The molecule has 0 aromatic rings. The minimum Gasteiger partial charge on any atom is -0.355 e. The maximum atomic E-state index is 11.2. The molecular formula is C11H23IN4O3S. The first-order chi connectivity index (χ1) is 8.83. The Kier molecular flexibility index (Phi) is 8.40. The van der Waals surface area contributed by atoms with E-state index in [0.29, 0.717) is 38.7 Å². The van der Waals surface area contributed by atoms with Crippen LogP contribution < -0.4 is 5.32 Å². The molecule has 1 aliphatic heterocycles. The number of hydrogen-bond acceptors (Lipinski definition) is 4. The van der Waals surface area contributed by atoms with Gasteiger partial charge in [-0.15, -0.1) is 24.0 Å². The molecule has 1 fully saturated rings. The fourth-order valence-corrected chi connectivity index (χ4v) is 2.39. The van der Waals surface area contributed by atoms with Crippen LogP contribution in [0, 0.1) is 0 Å². The van der Waals surface area contributed by atoms with Crippen molar-refractivity contribution in [2.45, 2.75) is 6.92 Å². The van der Waals surface area contributed by atoms with Crippen LogP contribution in [0.2, 0.25) is 0 Å². The van der Waals surface area contributed by atoms with E-state index in [-0.39, 0.29) is 35.6 Å². The maximum absolute atomic E-state index is 11.2. The van der Waals surface area contributed by atoms with Crippen LogP contribution in [0.3, 0.4) is 0 Å². The summed E-state index contributed by atoms with van der Waals surface area (Å²) in [4.78, 5) is 19.2. The minimum absolute atomic E-state index is 0. The summed E-state index contributed by atoms with van der Waals surface area (Å²) >= 11 is 0. The van der Waals surface area contributed by atoms with Crippen molar-refractivity contribution < 1.29 is 13.2 Å². The Labute approximate surface area is 137 Å². The molecule has 20 heavy (non-hydrogen) atoms. The van der Waals surface area contributed by atoms with Crippen LogP contribution >= 0.6 is 24.0 Å². The summed E-state index contributed by atoms with van der Waals surface area (Å²) in [6, 6.07) is 0. The van der Waals surface area contributed by atoms with Gasteiger partial charge in [0.05, 0.1) is 5.75 Å². The van der Waals surface area contributed by atoms with Crippen LogP contribution in [-0.4, -0.2) is 81.9 Å². The number of piperazine rings is 1. The summed E-state index contributed by atoms with van der Waals surface area (Å²) < 4.78 is 22.1. The second kappa shape index (κ2) is 8.65. The first-order valence-corrected chi connectivity index (χ1v) is 8.28. The topological polar surface area (TPSA) is 82.1 Å². The first kappa shape index (κ1) is 19.4. The van der Waals surface area contributed by atoms with Crippen molar-refractivity contribution in [2.24, 2.45) is 4.99 Å². The molecule has 1 N–H and O–H groups in total. The van der Waals surface area contributed by atoms with Crippen LogP contribution in [-0.2, 0) is 14.6 Å². The number of rotatable bonds is 3. The average molecular weight is 418 g/mol. The second-order valence-corrected chi connectivity index (χ2v) is 6.86. The van der Waals surface area contributed by atoms with Gasteiger partial charge in [-0.05, 0) is 0 Å². The Balaban J connectivity index is 0.00000361. The van der Waals surface area contributed by atoms with Gasteiger partial charge in [0.25, 0.3) is 0 Å². The average Bonchev–Trinajstić information content (AvgIpc) is 2.33. The van der Waals surface area contributed by atoms with Crippen LogP contribution in [0.1, 0.15) is 6.92 Å². The number of halogens is 1. The smallest absolute Gasteiger partial charge is 0.219 e. The predicted octanol–water partition coefficient (Wildman–Crippen LogP) is -0.611. The molecule has 0 spiro atoms. The van der Waals surface area contributed by atoms with E-state index in [1.54, 1.807) is 18.9 Å². The lowest BCUT2D eigenvalue weighted by atomic mass is 10.3. The standard InChI is InChI=1S/C11H22N4O3S.HI/c1-10(16)14-5-7-15(8-6-14)11(12-2)13-4-9-19(3,17)18;/h4-9H2,1-3H3,(H,12,13);1H. The molecule has 1 rings (SSSR count). The number of carbonyl (C=O) groups excluding carboxylic acids is 1. The van der Waals surface area contributed by atoms with Crippen LogP contribution in [0.15, 0.2) is 4.99 Å². The van der Waals surface area contributed by atoms with Crippen molar-refractivity contribution in [3.63, 3.8) is 0 Å². The number of hydrogen-bond donors (Lipinski definition) is 1. The second-order valence-electron chi connectivity index (χ2n) is 4.60. The lowest BCUT2D eigenvalue weighted by Crippen LogP contribution is -2.53. The molecule has 0 radical (unpaired) electrons. The first-order valence-electron chi connectivity index (χ1n) is 6.22. The molecule has 1 heterocycles. The molecule has 9 heteroatoms. The van der Waals surface area contributed by atoms with E-state index in [0.717, 1.165) is 0 Å². The molecule has 0 saturated carbocycles. The molecular weight excluding hydrogens is 395 g/mol. The molecule has 0 bridgehead atoms. The lowest BCUT2D eigenvalue weighted by Gasteiger charge is -2.36. The third kappa shape index (κ3) is 6.73. The van der Waals surface area contributed by atoms with E-state index < -0.39 is 9.84 Å². The Morgan fingerprint density at radius 1 is 1.20 bits per heavy atom. The Morgan fingerprint density at radius 2 is 1.70 bits per heavy atom. The predicted molar refractivity (Wildman–Crippen MR) is 90.3 cm³/mol. The quantitative estimate of drug-likeness (QED) is 0.376. The van der Waals surface area contributed by atoms with Gasteiger partial charge in [0.2, 0.25) is 5.91 Å². The van der Waals surface area contributed by atoms with Crippen LogP contribution in [0.4, 0.5) is 0 Å².